The lowest BCUT2D eigenvalue weighted by atomic mass is 10.1. The smallest absolute Gasteiger partial charge is 0.246 e. The third kappa shape index (κ3) is 2.62. The average Bonchev–Trinajstić information content (AvgIpc) is 3.24. The Balaban J connectivity index is 1.82. The predicted molar refractivity (Wildman–Crippen MR) is 71.9 cm³/mol. The number of nitrogens with two attached hydrogens (primary N) is 1. The van der Waals surface area contributed by atoms with Crippen LogP contribution >= 0.6 is 0 Å². The summed E-state index contributed by atoms with van der Waals surface area (Å²) in [7, 11) is -3.55. The van der Waals surface area contributed by atoms with Gasteiger partial charge in [0.05, 0.1) is 0 Å². The largest absolute Gasteiger partial charge is 0.381 e. The molecule has 1 aromatic heterocycles. The highest BCUT2D eigenvalue weighted by molar-refractivity contribution is 7.89. The number of hydrogen-bond acceptors (Lipinski definition) is 4. The van der Waals surface area contributed by atoms with Gasteiger partial charge >= 0.3 is 0 Å². The standard InChI is InChI=1S/C12H20N4O2S/c1-2-16-7-10(12(13)14-16)19(17,18)15-11(8-3-4-8)9-5-6-9/h7-9,11,15H,2-6H2,1H3,(H2,13,14). The van der Waals surface area contributed by atoms with Gasteiger partial charge in [0.25, 0.3) is 0 Å². The molecule has 0 aliphatic heterocycles. The first-order chi connectivity index (χ1) is 9.01. The molecule has 0 aromatic carbocycles. The number of rotatable bonds is 6. The van der Waals surface area contributed by atoms with Crippen molar-refractivity contribution in [2.45, 2.75) is 50.1 Å². The first kappa shape index (κ1) is 12.9. The second-order valence-electron chi connectivity index (χ2n) is 5.56. The van der Waals surface area contributed by atoms with Crippen molar-refractivity contribution in [3.05, 3.63) is 6.20 Å². The van der Waals surface area contributed by atoms with Crippen LogP contribution in [0.1, 0.15) is 32.6 Å². The number of sulfonamides is 1. The van der Waals surface area contributed by atoms with E-state index in [1.165, 1.54) is 6.20 Å². The van der Waals surface area contributed by atoms with Crippen molar-refractivity contribution in [3.63, 3.8) is 0 Å². The molecule has 0 spiro atoms. The van der Waals surface area contributed by atoms with Gasteiger partial charge in [-0.3, -0.25) is 4.68 Å². The number of nitrogens with zero attached hydrogens (tertiary/aromatic N) is 2. The number of hydrogen-bond donors (Lipinski definition) is 2. The molecule has 2 fully saturated rings. The number of nitrogens with one attached hydrogen (secondary N) is 1. The molecule has 0 amide bonds. The van der Waals surface area contributed by atoms with Crippen molar-refractivity contribution in [1.82, 2.24) is 14.5 Å². The van der Waals surface area contributed by atoms with Crippen molar-refractivity contribution in [2.24, 2.45) is 11.8 Å². The minimum Gasteiger partial charge on any atom is -0.381 e. The highest BCUT2D eigenvalue weighted by atomic mass is 32.2. The fourth-order valence-electron chi connectivity index (χ4n) is 2.52. The van der Waals surface area contributed by atoms with Crippen LogP contribution < -0.4 is 10.5 Å². The molecular weight excluding hydrogens is 264 g/mol. The first-order valence-corrected chi connectivity index (χ1v) is 8.35. The lowest BCUT2D eigenvalue weighted by Gasteiger charge is -2.17. The number of anilines is 1. The van der Waals surface area contributed by atoms with E-state index in [4.69, 9.17) is 5.73 Å². The lowest BCUT2D eigenvalue weighted by molar-refractivity contribution is 0.471. The van der Waals surface area contributed by atoms with E-state index in [0.29, 0.717) is 18.4 Å². The van der Waals surface area contributed by atoms with Gasteiger partial charge in [0.1, 0.15) is 4.90 Å². The fourth-order valence-corrected chi connectivity index (χ4v) is 3.96. The number of aromatic nitrogens is 2. The van der Waals surface area contributed by atoms with E-state index in [1.807, 2.05) is 6.92 Å². The van der Waals surface area contributed by atoms with Gasteiger partial charge in [-0.25, -0.2) is 13.1 Å². The molecular formula is C12H20N4O2S. The Bertz CT molecular complexity index is 561. The maximum absolute atomic E-state index is 12.4. The molecule has 1 heterocycles. The zero-order valence-electron chi connectivity index (χ0n) is 11.0. The molecule has 0 bridgehead atoms. The predicted octanol–water partition coefficient (Wildman–Crippen LogP) is 0.952. The van der Waals surface area contributed by atoms with Gasteiger partial charge in [0, 0.05) is 18.8 Å². The van der Waals surface area contributed by atoms with Crippen LogP contribution in [0.2, 0.25) is 0 Å². The lowest BCUT2D eigenvalue weighted by Crippen LogP contribution is -2.38. The SMILES string of the molecule is CCn1cc(S(=O)(=O)NC(C2CC2)C2CC2)c(N)n1. The van der Waals surface area contributed by atoms with Crippen LogP contribution in [0.25, 0.3) is 0 Å². The van der Waals surface area contributed by atoms with Gasteiger partial charge in [-0.1, -0.05) is 0 Å². The third-order valence-electron chi connectivity index (χ3n) is 3.92. The first-order valence-electron chi connectivity index (χ1n) is 6.86. The Kier molecular flexibility index (Phi) is 3.05. The van der Waals surface area contributed by atoms with Crippen LogP contribution in [0.4, 0.5) is 5.82 Å². The maximum Gasteiger partial charge on any atom is 0.246 e. The Morgan fingerprint density at radius 2 is 2.00 bits per heavy atom. The Labute approximate surface area is 113 Å². The van der Waals surface area contributed by atoms with Crippen molar-refractivity contribution < 1.29 is 8.42 Å². The van der Waals surface area contributed by atoms with Gasteiger partial charge in [-0.15, -0.1) is 0 Å². The topological polar surface area (TPSA) is 90.0 Å². The average molecular weight is 284 g/mol. The van der Waals surface area contributed by atoms with Crippen molar-refractivity contribution >= 4 is 15.8 Å². The zero-order chi connectivity index (χ0) is 13.6. The summed E-state index contributed by atoms with van der Waals surface area (Å²) in [6.07, 6.45) is 6.04. The van der Waals surface area contributed by atoms with Crippen LogP contribution in [0, 0.1) is 11.8 Å². The number of nitrogen functional groups attached to an aromatic ring is 1. The van der Waals surface area contributed by atoms with E-state index in [9.17, 15) is 8.42 Å². The minimum atomic E-state index is -3.55. The highest BCUT2D eigenvalue weighted by Crippen LogP contribution is 2.45. The van der Waals surface area contributed by atoms with E-state index in [-0.39, 0.29) is 16.8 Å². The molecule has 7 heteroatoms. The summed E-state index contributed by atoms with van der Waals surface area (Å²) in [5, 5.41) is 4.00. The van der Waals surface area contributed by atoms with Crippen LogP contribution in [0.3, 0.4) is 0 Å². The Hall–Kier alpha value is -1.08. The molecule has 0 radical (unpaired) electrons. The summed E-state index contributed by atoms with van der Waals surface area (Å²) in [5.41, 5.74) is 5.71. The summed E-state index contributed by atoms with van der Waals surface area (Å²) in [4.78, 5) is 0.112. The van der Waals surface area contributed by atoms with Crippen LogP contribution in [-0.2, 0) is 16.6 Å². The van der Waals surface area contributed by atoms with Crippen LogP contribution in [0.5, 0.6) is 0 Å². The summed E-state index contributed by atoms with van der Waals surface area (Å²) in [6.45, 7) is 2.50. The summed E-state index contributed by atoms with van der Waals surface area (Å²) in [5.74, 6) is 1.12. The summed E-state index contributed by atoms with van der Waals surface area (Å²) < 4.78 is 29.2. The van der Waals surface area contributed by atoms with Gasteiger partial charge in [0.15, 0.2) is 5.82 Å². The summed E-state index contributed by atoms with van der Waals surface area (Å²) in [6, 6.07) is 0.0920. The molecule has 19 heavy (non-hydrogen) atoms. The van der Waals surface area contributed by atoms with Gasteiger partial charge in [-0.2, -0.15) is 5.10 Å². The molecule has 2 aliphatic carbocycles. The molecule has 106 valence electrons. The Morgan fingerprint density at radius 3 is 2.42 bits per heavy atom. The third-order valence-corrected chi connectivity index (χ3v) is 5.40. The molecule has 3 rings (SSSR count). The number of aryl methyl sites for hydroxylation is 1. The van der Waals surface area contributed by atoms with Crippen molar-refractivity contribution in [3.8, 4) is 0 Å². The molecule has 0 atom stereocenters. The van der Waals surface area contributed by atoms with Crippen molar-refractivity contribution in [2.75, 3.05) is 5.73 Å². The second-order valence-corrected chi connectivity index (χ2v) is 7.24. The molecule has 2 saturated carbocycles. The van der Waals surface area contributed by atoms with Crippen LogP contribution in [-0.4, -0.2) is 24.2 Å². The molecule has 1 aromatic rings. The monoisotopic (exact) mass is 284 g/mol. The summed E-state index contributed by atoms with van der Waals surface area (Å²) >= 11 is 0. The fraction of sp³-hybridized carbons (Fsp3) is 0.750. The normalized spacial score (nSPS) is 20.1. The minimum absolute atomic E-state index is 0.0830. The van der Waals surface area contributed by atoms with Crippen LogP contribution in [0.15, 0.2) is 11.1 Å². The second kappa shape index (κ2) is 4.49. The van der Waals surface area contributed by atoms with E-state index in [2.05, 4.69) is 9.82 Å². The zero-order valence-corrected chi connectivity index (χ0v) is 11.9. The molecule has 3 N–H and O–H groups in total. The quantitative estimate of drug-likeness (QED) is 0.814. The molecule has 6 nitrogen and oxygen atoms in total. The van der Waals surface area contributed by atoms with Gasteiger partial charge in [-0.05, 0) is 44.4 Å². The van der Waals surface area contributed by atoms with Gasteiger partial charge in [0.2, 0.25) is 10.0 Å². The molecule has 2 aliphatic rings. The van der Waals surface area contributed by atoms with E-state index < -0.39 is 10.0 Å². The molecule has 0 unspecified atom stereocenters. The van der Waals surface area contributed by atoms with Crippen molar-refractivity contribution in [1.29, 1.82) is 0 Å². The Morgan fingerprint density at radius 1 is 1.42 bits per heavy atom. The van der Waals surface area contributed by atoms with E-state index in [0.717, 1.165) is 25.7 Å². The highest BCUT2D eigenvalue weighted by Gasteiger charge is 2.43. The van der Waals surface area contributed by atoms with Gasteiger partial charge < -0.3 is 5.73 Å². The van der Waals surface area contributed by atoms with E-state index >= 15 is 0 Å². The maximum atomic E-state index is 12.4. The van der Waals surface area contributed by atoms with E-state index in [1.54, 1.807) is 4.68 Å². The molecule has 0 saturated heterocycles.